The SMILES string of the molecule is CNS(=O)(=O)N1Cc2[nH]cnc2CC1C(=O)O. The van der Waals surface area contributed by atoms with Crippen LogP contribution in [0.25, 0.3) is 0 Å². The lowest BCUT2D eigenvalue weighted by Gasteiger charge is -2.30. The number of carboxylic acid groups (broad SMARTS) is 1. The molecule has 1 aromatic heterocycles. The highest BCUT2D eigenvalue weighted by Crippen LogP contribution is 2.22. The molecule has 0 amide bonds. The third-order valence-electron chi connectivity index (χ3n) is 2.71. The average Bonchev–Trinajstić information content (AvgIpc) is 2.74. The molecule has 0 spiro atoms. The van der Waals surface area contributed by atoms with Gasteiger partial charge >= 0.3 is 5.97 Å². The van der Waals surface area contributed by atoms with E-state index in [0.29, 0.717) is 11.4 Å². The topological polar surface area (TPSA) is 115 Å². The number of aromatic amines is 1. The number of rotatable bonds is 3. The summed E-state index contributed by atoms with van der Waals surface area (Å²) in [5.74, 6) is -1.18. The first-order valence-electron chi connectivity index (χ1n) is 4.90. The molecule has 0 aliphatic carbocycles. The molecule has 2 rings (SSSR count). The van der Waals surface area contributed by atoms with E-state index in [9.17, 15) is 13.2 Å². The van der Waals surface area contributed by atoms with Gasteiger partial charge in [-0.05, 0) is 0 Å². The van der Waals surface area contributed by atoms with Gasteiger partial charge in [-0.25, -0.2) is 9.71 Å². The Bertz CT molecular complexity index is 537. The number of hydrogen-bond donors (Lipinski definition) is 3. The molecule has 0 saturated heterocycles. The minimum atomic E-state index is -3.78. The normalized spacial score (nSPS) is 21.1. The van der Waals surface area contributed by atoms with Crippen molar-refractivity contribution in [3.05, 3.63) is 17.7 Å². The van der Waals surface area contributed by atoms with Crippen molar-refractivity contribution in [2.75, 3.05) is 7.05 Å². The summed E-state index contributed by atoms with van der Waals surface area (Å²) in [6.07, 6.45) is 1.49. The number of H-pyrrole nitrogens is 1. The van der Waals surface area contributed by atoms with E-state index in [2.05, 4.69) is 14.7 Å². The van der Waals surface area contributed by atoms with Crippen LogP contribution in [-0.4, -0.2) is 46.9 Å². The lowest BCUT2D eigenvalue weighted by Crippen LogP contribution is -2.51. The molecule has 1 aromatic rings. The first-order valence-corrected chi connectivity index (χ1v) is 6.34. The van der Waals surface area contributed by atoms with Crippen molar-refractivity contribution >= 4 is 16.2 Å². The third kappa shape index (κ3) is 2.04. The minimum absolute atomic E-state index is 0.0184. The molecule has 0 fully saturated rings. The molecular formula is C8H12N4O4S. The van der Waals surface area contributed by atoms with E-state index in [0.717, 1.165) is 4.31 Å². The standard InChI is InChI=1S/C8H12N4O4S/c1-9-17(15,16)12-3-6-5(10-4-11-6)2-7(12)8(13)14/h4,7,9H,2-3H2,1H3,(H,10,11)(H,13,14). The van der Waals surface area contributed by atoms with Crippen LogP contribution in [0.1, 0.15) is 11.4 Å². The van der Waals surface area contributed by atoms with E-state index >= 15 is 0 Å². The molecule has 9 heteroatoms. The molecule has 8 nitrogen and oxygen atoms in total. The maximum atomic E-state index is 11.7. The molecule has 0 saturated carbocycles. The number of fused-ring (bicyclic) bond motifs is 1. The van der Waals surface area contributed by atoms with Crippen LogP contribution in [0, 0.1) is 0 Å². The van der Waals surface area contributed by atoms with Gasteiger partial charge in [0.2, 0.25) is 0 Å². The summed E-state index contributed by atoms with van der Waals surface area (Å²) in [4.78, 5) is 17.9. The quantitative estimate of drug-likeness (QED) is 0.623. The van der Waals surface area contributed by atoms with Crippen LogP contribution in [-0.2, 0) is 28.0 Å². The summed E-state index contributed by atoms with van der Waals surface area (Å²) in [6, 6.07) is -1.12. The number of hydrogen-bond acceptors (Lipinski definition) is 4. The van der Waals surface area contributed by atoms with Gasteiger partial charge in [0.25, 0.3) is 10.2 Å². The summed E-state index contributed by atoms with van der Waals surface area (Å²) < 4.78 is 26.5. The van der Waals surface area contributed by atoms with E-state index in [1.54, 1.807) is 0 Å². The fourth-order valence-electron chi connectivity index (χ4n) is 1.79. The summed E-state index contributed by atoms with van der Waals surface area (Å²) in [5, 5.41) is 9.06. The number of imidazole rings is 1. The van der Waals surface area contributed by atoms with E-state index in [1.807, 2.05) is 0 Å². The highest BCUT2D eigenvalue weighted by molar-refractivity contribution is 7.87. The maximum Gasteiger partial charge on any atom is 0.322 e. The van der Waals surface area contributed by atoms with Crippen LogP contribution in [0.3, 0.4) is 0 Å². The second kappa shape index (κ2) is 4.09. The minimum Gasteiger partial charge on any atom is -0.480 e. The van der Waals surface area contributed by atoms with Crippen molar-refractivity contribution in [2.24, 2.45) is 0 Å². The summed E-state index contributed by atoms with van der Waals surface area (Å²) >= 11 is 0. The first kappa shape index (κ1) is 12.0. The maximum absolute atomic E-state index is 11.7. The molecule has 1 unspecified atom stereocenters. The Morgan fingerprint density at radius 1 is 1.71 bits per heavy atom. The van der Waals surface area contributed by atoms with Gasteiger partial charge in [0.05, 0.1) is 24.3 Å². The van der Waals surface area contributed by atoms with E-state index in [-0.39, 0.29) is 13.0 Å². The number of nitrogens with one attached hydrogen (secondary N) is 2. The molecule has 1 atom stereocenters. The zero-order chi connectivity index (χ0) is 12.6. The van der Waals surface area contributed by atoms with Gasteiger partial charge in [-0.2, -0.15) is 12.7 Å². The molecule has 2 heterocycles. The molecule has 94 valence electrons. The van der Waals surface area contributed by atoms with Crippen LogP contribution in [0.5, 0.6) is 0 Å². The molecule has 0 aromatic carbocycles. The third-order valence-corrected chi connectivity index (χ3v) is 4.22. The van der Waals surface area contributed by atoms with Crippen molar-refractivity contribution in [1.29, 1.82) is 0 Å². The lowest BCUT2D eigenvalue weighted by atomic mass is 10.1. The molecular weight excluding hydrogens is 248 g/mol. The van der Waals surface area contributed by atoms with Gasteiger partial charge in [0.1, 0.15) is 6.04 Å². The van der Waals surface area contributed by atoms with Crippen LogP contribution >= 0.6 is 0 Å². The summed E-state index contributed by atoms with van der Waals surface area (Å²) in [5.41, 5.74) is 1.22. The zero-order valence-corrected chi connectivity index (χ0v) is 9.86. The fourth-order valence-corrected chi connectivity index (χ4v) is 2.83. The molecule has 1 aliphatic rings. The van der Waals surface area contributed by atoms with Gasteiger partial charge in [-0.3, -0.25) is 4.79 Å². The predicted octanol–water partition coefficient (Wildman–Crippen LogP) is -1.31. The molecule has 0 radical (unpaired) electrons. The van der Waals surface area contributed by atoms with Gasteiger partial charge in [-0.15, -0.1) is 0 Å². The Balaban J connectivity index is 2.41. The predicted molar refractivity (Wildman–Crippen MR) is 57.2 cm³/mol. The van der Waals surface area contributed by atoms with E-state index in [4.69, 9.17) is 5.11 Å². The Hall–Kier alpha value is -1.45. The summed E-state index contributed by atoms with van der Waals surface area (Å²) in [6.45, 7) is -0.0184. The lowest BCUT2D eigenvalue weighted by molar-refractivity contribution is -0.141. The Morgan fingerprint density at radius 2 is 2.41 bits per heavy atom. The van der Waals surface area contributed by atoms with Crippen LogP contribution < -0.4 is 4.72 Å². The average molecular weight is 260 g/mol. The van der Waals surface area contributed by atoms with Crippen molar-refractivity contribution in [1.82, 2.24) is 19.0 Å². The first-order chi connectivity index (χ1) is 7.95. The van der Waals surface area contributed by atoms with E-state index < -0.39 is 22.2 Å². The number of aliphatic carboxylic acids is 1. The number of carboxylic acids is 1. The van der Waals surface area contributed by atoms with Crippen molar-refractivity contribution in [2.45, 2.75) is 19.0 Å². The largest absolute Gasteiger partial charge is 0.480 e. The van der Waals surface area contributed by atoms with Crippen LogP contribution in [0.15, 0.2) is 6.33 Å². The van der Waals surface area contributed by atoms with Gasteiger partial charge < -0.3 is 10.1 Å². The number of nitrogens with zero attached hydrogens (tertiary/aromatic N) is 2. The van der Waals surface area contributed by atoms with Crippen molar-refractivity contribution in [3.8, 4) is 0 Å². The number of carbonyl (C=O) groups is 1. The van der Waals surface area contributed by atoms with Crippen molar-refractivity contribution in [3.63, 3.8) is 0 Å². The molecule has 17 heavy (non-hydrogen) atoms. The van der Waals surface area contributed by atoms with Gasteiger partial charge in [0, 0.05) is 13.5 Å². The van der Waals surface area contributed by atoms with Crippen LogP contribution in [0.2, 0.25) is 0 Å². The fraction of sp³-hybridized carbons (Fsp3) is 0.500. The highest BCUT2D eigenvalue weighted by Gasteiger charge is 2.39. The smallest absolute Gasteiger partial charge is 0.322 e. The zero-order valence-electron chi connectivity index (χ0n) is 9.04. The molecule has 3 N–H and O–H groups in total. The monoisotopic (exact) mass is 260 g/mol. The number of aromatic nitrogens is 2. The Labute approximate surface area is 97.8 Å². The summed E-state index contributed by atoms with van der Waals surface area (Å²) in [7, 11) is -2.53. The Morgan fingerprint density at radius 3 is 3.00 bits per heavy atom. The highest BCUT2D eigenvalue weighted by atomic mass is 32.2. The molecule has 1 aliphatic heterocycles. The van der Waals surface area contributed by atoms with E-state index in [1.165, 1.54) is 13.4 Å². The molecule has 0 bridgehead atoms. The Kier molecular flexibility index (Phi) is 2.89. The van der Waals surface area contributed by atoms with Crippen molar-refractivity contribution < 1.29 is 18.3 Å². The van der Waals surface area contributed by atoms with Crippen LogP contribution in [0.4, 0.5) is 0 Å². The second-order valence-electron chi connectivity index (χ2n) is 3.64. The second-order valence-corrected chi connectivity index (χ2v) is 5.47. The van der Waals surface area contributed by atoms with Gasteiger partial charge in [0.15, 0.2) is 0 Å². The van der Waals surface area contributed by atoms with Gasteiger partial charge in [-0.1, -0.05) is 0 Å².